The third-order valence-electron chi connectivity index (χ3n) is 2.23. The van der Waals surface area contributed by atoms with Crippen LogP contribution in [0.2, 0.25) is 0 Å². The molecule has 14 heavy (non-hydrogen) atoms. The highest BCUT2D eigenvalue weighted by Crippen LogP contribution is 2.12. The second-order valence-electron chi connectivity index (χ2n) is 3.32. The van der Waals surface area contributed by atoms with E-state index in [-0.39, 0.29) is 5.78 Å². The zero-order chi connectivity index (χ0) is 9.97. The van der Waals surface area contributed by atoms with E-state index in [4.69, 9.17) is 4.84 Å². The molecule has 0 fully saturated rings. The molecule has 0 N–H and O–H groups in total. The van der Waals surface area contributed by atoms with Gasteiger partial charge in [-0.25, -0.2) is 0 Å². The minimum Gasteiger partial charge on any atom is -0.383 e. The van der Waals surface area contributed by atoms with Crippen LogP contribution in [0.1, 0.15) is 12.5 Å². The zero-order valence-corrected chi connectivity index (χ0v) is 7.93. The maximum atomic E-state index is 11.5. The number of ketones is 1. The van der Waals surface area contributed by atoms with Gasteiger partial charge < -0.3 is 4.84 Å². The van der Waals surface area contributed by atoms with Gasteiger partial charge in [0.1, 0.15) is 5.71 Å². The minimum absolute atomic E-state index is 0.00569. The monoisotopic (exact) mass is 189 g/mol. The van der Waals surface area contributed by atoms with Gasteiger partial charge in [0, 0.05) is 6.42 Å². The lowest BCUT2D eigenvalue weighted by molar-refractivity contribution is -0.120. The van der Waals surface area contributed by atoms with E-state index in [0.29, 0.717) is 12.1 Å². The van der Waals surface area contributed by atoms with Crippen LogP contribution in [0, 0.1) is 0 Å². The highest BCUT2D eigenvalue weighted by Gasteiger charge is 2.28. The molecule has 1 aromatic carbocycles. The Kier molecular flexibility index (Phi) is 2.31. The average Bonchev–Trinajstić information content (AvgIpc) is 2.52. The van der Waals surface area contributed by atoms with Gasteiger partial charge in [0.25, 0.3) is 0 Å². The van der Waals surface area contributed by atoms with E-state index in [1.807, 2.05) is 30.3 Å². The lowest BCUT2D eigenvalue weighted by Gasteiger charge is -2.05. The van der Waals surface area contributed by atoms with Gasteiger partial charge in [0.05, 0.1) is 0 Å². The number of hydrogen-bond acceptors (Lipinski definition) is 3. The lowest BCUT2D eigenvalue weighted by atomic mass is 10.0. The van der Waals surface area contributed by atoms with E-state index in [0.717, 1.165) is 5.56 Å². The Morgan fingerprint density at radius 2 is 2.07 bits per heavy atom. The van der Waals surface area contributed by atoms with E-state index in [2.05, 4.69) is 5.16 Å². The molecule has 1 aromatic rings. The standard InChI is InChI=1S/C11H11NO2/c1-8-11(13)10(14-12-8)7-9-5-3-2-4-6-9/h2-6,10H,7H2,1H3. The first kappa shape index (κ1) is 8.94. The van der Waals surface area contributed by atoms with E-state index in [9.17, 15) is 4.79 Å². The summed E-state index contributed by atoms with van der Waals surface area (Å²) in [5, 5.41) is 3.66. The lowest BCUT2D eigenvalue weighted by Crippen LogP contribution is -2.23. The molecule has 0 radical (unpaired) electrons. The summed E-state index contributed by atoms with van der Waals surface area (Å²) in [6, 6.07) is 9.79. The summed E-state index contributed by atoms with van der Waals surface area (Å²) in [5.74, 6) is -0.00569. The van der Waals surface area contributed by atoms with Crippen LogP contribution in [0.5, 0.6) is 0 Å². The molecular formula is C11H11NO2. The van der Waals surface area contributed by atoms with E-state index < -0.39 is 6.10 Å². The summed E-state index contributed by atoms with van der Waals surface area (Å²) in [5.41, 5.74) is 1.56. The molecular weight excluding hydrogens is 178 g/mol. The average molecular weight is 189 g/mol. The Morgan fingerprint density at radius 1 is 1.36 bits per heavy atom. The van der Waals surface area contributed by atoms with Crippen molar-refractivity contribution in [2.45, 2.75) is 19.4 Å². The van der Waals surface area contributed by atoms with Crippen molar-refractivity contribution in [2.75, 3.05) is 0 Å². The Morgan fingerprint density at radius 3 is 2.64 bits per heavy atom. The molecule has 1 heterocycles. The summed E-state index contributed by atoms with van der Waals surface area (Å²) in [6.07, 6.45) is 0.179. The van der Waals surface area contributed by atoms with Crippen LogP contribution in [-0.2, 0) is 16.1 Å². The first-order chi connectivity index (χ1) is 6.77. The van der Waals surface area contributed by atoms with Crippen molar-refractivity contribution in [3.05, 3.63) is 35.9 Å². The van der Waals surface area contributed by atoms with Gasteiger partial charge in [0.2, 0.25) is 5.78 Å². The molecule has 0 aromatic heterocycles. The van der Waals surface area contributed by atoms with Crippen molar-refractivity contribution < 1.29 is 9.63 Å². The summed E-state index contributed by atoms with van der Waals surface area (Å²) >= 11 is 0. The van der Waals surface area contributed by atoms with E-state index in [1.165, 1.54) is 0 Å². The number of hydrogen-bond donors (Lipinski definition) is 0. The van der Waals surface area contributed by atoms with Crippen molar-refractivity contribution in [1.82, 2.24) is 0 Å². The number of nitrogens with zero attached hydrogens (tertiary/aromatic N) is 1. The molecule has 1 atom stereocenters. The Bertz CT molecular complexity index is 370. The van der Waals surface area contributed by atoms with Crippen LogP contribution in [0.15, 0.2) is 35.5 Å². The number of benzene rings is 1. The summed E-state index contributed by atoms with van der Waals surface area (Å²) in [4.78, 5) is 16.5. The van der Waals surface area contributed by atoms with Crippen LogP contribution in [-0.4, -0.2) is 17.6 Å². The normalized spacial score (nSPS) is 20.5. The Hall–Kier alpha value is -1.64. The molecule has 3 nitrogen and oxygen atoms in total. The predicted octanol–water partition coefficient (Wildman–Crippen LogP) is 1.57. The molecule has 3 heteroatoms. The maximum absolute atomic E-state index is 11.5. The fourth-order valence-electron chi connectivity index (χ4n) is 1.43. The molecule has 1 aliphatic heterocycles. The van der Waals surface area contributed by atoms with Crippen LogP contribution >= 0.6 is 0 Å². The fraction of sp³-hybridized carbons (Fsp3) is 0.273. The molecule has 0 bridgehead atoms. The van der Waals surface area contributed by atoms with Crippen LogP contribution in [0.25, 0.3) is 0 Å². The molecule has 0 aliphatic carbocycles. The van der Waals surface area contributed by atoms with Gasteiger partial charge in [-0.05, 0) is 12.5 Å². The van der Waals surface area contributed by atoms with Gasteiger partial charge >= 0.3 is 0 Å². The smallest absolute Gasteiger partial charge is 0.223 e. The molecule has 72 valence electrons. The van der Waals surface area contributed by atoms with Gasteiger partial charge in [-0.3, -0.25) is 4.79 Å². The minimum atomic E-state index is -0.419. The summed E-state index contributed by atoms with van der Waals surface area (Å²) in [7, 11) is 0. The predicted molar refractivity (Wildman–Crippen MR) is 53.1 cm³/mol. The van der Waals surface area contributed by atoms with Crippen molar-refractivity contribution in [3.8, 4) is 0 Å². The largest absolute Gasteiger partial charge is 0.383 e. The molecule has 0 spiro atoms. The SMILES string of the molecule is CC1=NOC(Cc2ccccc2)C1=O. The zero-order valence-electron chi connectivity index (χ0n) is 7.93. The molecule has 0 saturated carbocycles. The summed E-state index contributed by atoms with van der Waals surface area (Å²) in [6.45, 7) is 1.67. The molecule has 0 saturated heterocycles. The van der Waals surface area contributed by atoms with Gasteiger partial charge in [-0.2, -0.15) is 0 Å². The van der Waals surface area contributed by atoms with E-state index >= 15 is 0 Å². The first-order valence-corrected chi connectivity index (χ1v) is 4.56. The maximum Gasteiger partial charge on any atom is 0.223 e. The molecule has 0 amide bonds. The van der Waals surface area contributed by atoms with Gasteiger partial charge in [-0.1, -0.05) is 35.5 Å². The van der Waals surface area contributed by atoms with Crippen molar-refractivity contribution >= 4 is 11.5 Å². The molecule has 1 unspecified atom stereocenters. The second-order valence-corrected chi connectivity index (χ2v) is 3.32. The third-order valence-corrected chi connectivity index (χ3v) is 2.23. The number of carbonyl (C=O) groups excluding carboxylic acids is 1. The Labute approximate surface area is 82.4 Å². The van der Waals surface area contributed by atoms with Crippen LogP contribution in [0.4, 0.5) is 0 Å². The topological polar surface area (TPSA) is 38.7 Å². The highest BCUT2D eigenvalue weighted by atomic mass is 16.6. The van der Waals surface area contributed by atoms with Crippen molar-refractivity contribution in [2.24, 2.45) is 5.16 Å². The molecule has 2 rings (SSSR count). The number of carbonyl (C=O) groups is 1. The van der Waals surface area contributed by atoms with Gasteiger partial charge in [-0.15, -0.1) is 0 Å². The quantitative estimate of drug-likeness (QED) is 0.708. The molecule has 1 aliphatic rings. The summed E-state index contributed by atoms with van der Waals surface area (Å²) < 4.78 is 0. The van der Waals surface area contributed by atoms with Crippen LogP contribution in [0.3, 0.4) is 0 Å². The van der Waals surface area contributed by atoms with Crippen molar-refractivity contribution in [1.29, 1.82) is 0 Å². The number of Topliss-reactive ketones (excluding diaryl/α,β-unsaturated/α-hetero) is 1. The first-order valence-electron chi connectivity index (χ1n) is 4.56. The van der Waals surface area contributed by atoms with Gasteiger partial charge in [0.15, 0.2) is 6.10 Å². The number of oxime groups is 1. The van der Waals surface area contributed by atoms with Crippen molar-refractivity contribution in [3.63, 3.8) is 0 Å². The van der Waals surface area contributed by atoms with Crippen LogP contribution < -0.4 is 0 Å². The van der Waals surface area contributed by atoms with E-state index in [1.54, 1.807) is 6.92 Å². The Balaban J connectivity index is 2.04. The third kappa shape index (κ3) is 1.66. The fourth-order valence-corrected chi connectivity index (χ4v) is 1.43. The highest BCUT2D eigenvalue weighted by molar-refractivity contribution is 6.41. The number of rotatable bonds is 2. The second kappa shape index (κ2) is 3.62.